The van der Waals surface area contributed by atoms with Gasteiger partial charge in [-0.1, -0.05) is 17.7 Å². The van der Waals surface area contributed by atoms with Crippen molar-refractivity contribution in [3.63, 3.8) is 0 Å². The van der Waals surface area contributed by atoms with Crippen molar-refractivity contribution in [1.29, 1.82) is 0 Å². The molecule has 1 aliphatic rings. The molecule has 1 N–H and O–H groups in total. The fraction of sp³-hybridized carbons (Fsp3) is 0.467. The molecule has 2 rings (SSSR count). The summed E-state index contributed by atoms with van der Waals surface area (Å²) in [4.78, 5) is 26.0. The number of carbonyl (C=O) groups excluding carboxylic acids is 2. The van der Waals surface area contributed by atoms with Crippen LogP contribution in [-0.2, 0) is 16.1 Å². The molecule has 0 spiro atoms. The average molecular weight is 313 g/mol. The Balaban J connectivity index is 2.29. The molecule has 2 amide bonds. The number of halogens is 2. The zero-order valence-corrected chi connectivity index (χ0v) is 13.0. The highest BCUT2D eigenvalue weighted by Gasteiger charge is 2.39. The Bertz CT molecular complexity index is 589. The first kappa shape index (κ1) is 15.8. The molecular formula is C15H18ClFN2O2. The second kappa shape index (κ2) is 5.64. The highest BCUT2D eigenvalue weighted by Crippen LogP contribution is 2.23. The summed E-state index contributed by atoms with van der Waals surface area (Å²) in [5.74, 6) is -0.811. The Labute approximate surface area is 128 Å². The maximum atomic E-state index is 13.2. The van der Waals surface area contributed by atoms with E-state index in [9.17, 15) is 14.0 Å². The second-order valence-electron chi connectivity index (χ2n) is 5.91. The largest absolute Gasteiger partial charge is 0.342 e. The summed E-state index contributed by atoms with van der Waals surface area (Å²) < 4.78 is 13.2. The molecule has 1 atom stereocenters. The standard InChI is InChI=1S/C15H18ClFN2O2/c1-9-6-13(20)18-15(2,3)14(21)19(9)8-10-4-5-12(17)11(16)7-10/h4-5,7,9H,6,8H2,1-3H3,(H,18,20). The SMILES string of the molecule is CC1CC(=O)NC(C)(C)C(=O)N1Cc1ccc(F)c(Cl)c1. The highest BCUT2D eigenvalue weighted by molar-refractivity contribution is 6.30. The lowest BCUT2D eigenvalue weighted by molar-refractivity contribution is -0.139. The van der Waals surface area contributed by atoms with Crippen molar-refractivity contribution in [2.24, 2.45) is 0 Å². The molecule has 4 nitrogen and oxygen atoms in total. The van der Waals surface area contributed by atoms with Crippen molar-refractivity contribution >= 4 is 23.4 Å². The van der Waals surface area contributed by atoms with Crippen LogP contribution in [0.15, 0.2) is 18.2 Å². The van der Waals surface area contributed by atoms with Gasteiger partial charge in [0.2, 0.25) is 11.8 Å². The average Bonchev–Trinajstić information content (AvgIpc) is 2.43. The predicted octanol–water partition coefficient (Wildman–Crippen LogP) is 2.49. The summed E-state index contributed by atoms with van der Waals surface area (Å²) in [6.45, 7) is 5.47. The van der Waals surface area contributed by atoms with Gasteiger partial charge >= 0.3 is 0 Å². The predicted molar refractivity (Wildman–Crippen MR) is 78.3 cm³/mol. The Morgan fingerprint density at radius 3 is 2.71 bits per heavy atom. The van der Waals surface area contributed by atoms with Gasteiger partial charge in [-0.05, 0) is 38.5 Å². The van der Waals surface area contributed by atoms with Gasteiger partial charge in [0.15, 0.2) is 0 Å². The quantitative estimate of drug-likeness (QED) is 0.912. The minimum absolute atomic E-state index is 0.0240. The van der Waals surface area contributed by atoms with Gasteiger partial charge in [0.05, 0.1) is 5.02 Å². The molecule has 1 saturated heterocycles. The van der Waals surface area contributed by atoms with Crippen LogP contribution in [0.5, 0.6) is 0 Å². The van der Waals surface area contributed by atoms with Crippen LogP contribution in [0.2, 0.25) is 5.02 Å². The number of carbonyl (C=O) groups is 2. The van der Waals surface area contributed by atoms with Crippen molar-refractivity contribution in [1.82, 2.24) is 10.2 Å². The monoisotopic (exact) mass is 312 g/mol. The van der Waals surface area contributed by atoms with Crippen molar-refractivity contribution in [2.75, 3.05) is 0 Å². The van der Waals surface area contributed by atoms with Gasteiger partial charge in [0.25, 0.3) is 0 Å². The summed E-state index contributed by atoms with van der Waals surface area (Å²) in [6.07, 6.45) is 0.240. The molecule has 1 aliphatic heterocycles. The molecule has 1 aromatic carbocycles. The molecular weight excluding hydrogens is 295 g/mol. The van der Waals surface area contributed by atoms with Crippen LogP contribution in [-0.4, -0.2) is 28.3 Å². The van der Waals surface area contributed by atoms with E-state index in [1.807, 2.05) is 6.92 Å². The Morgan fingerprint density at radius 2 is 2.10 bits per heavy atom. The minimum atomic E-state index is -0.953. The summed E-state index contributed by atoms with van der Waals surface area (Å²) in [5, 5.41) is 2.74. The van der Waals surface area contributed by atoms with Crippen LogP contribution in [0.25, 0.3) is 0 Å². The lowest BCUT2D eigenvalue weighted by Gasteiger charge is -2.32. The molecule has 114 valence electrons. The second-order valence-corrected chi connectivity index (χ2v) is 6.32. The fourth-order valence-corrected chi connectivity index (χ4v) is 2.66. The molecule has 1 aromatic rings. The van der Waals surface area contributed by atoms with Crippen LogP contribution in [0.3, 0.4) is 0 Å². The van der Waals surface area contributed by atoms with E-state index in [2.05, 4.69) is 5.32 Å². The van der Waals surface area contributed by atoms with Gasteiger partial charge in [-0.2, -0.15) is 0 Å². The number of hydrogen-bond acceptors (Lipinski definition) is 2. The van der Waals surface area contributed by atoms with E-state index in [0.29, 0.717) is 6.54 Å². The van der Waals surface area contributed by atoms with Crippen LogP contribution < -0.4 is 5.32 Å². The zero-order chi connectivity index (χ0) is 15.8. The summed E-state index contributed by atoms with van der Waals surface area (Å²) >= 11 is 5.77. The van der Waals surface area contributed by atoms with Crippen molar-refractivity contribution in [3.8, 4) is 0 Å². The third-order valence-electron chi connectivity index (χ3n) is 3.60. The topological polar surface area (TPSA) is 49.4 Å². The maximum Gasteiger partial charge on any atom is 0.248 e. The normalized spacial score (nSPS) is 22.0. The smallest absolute Gasteiger partial charge is 0.248 e. The first-order valence-corrected chi connectivity index (χ1v) is 7.14. The van der Waals surface area contributed by atoms with E-state index in [1.54, 1.807) is 24.8 Å². The molecule has 0 radical (unpaired) electrons. The van der Waals surface area contributed by atoms with Crippen molar-refractivity contribution < 1.29 is 14.0 Å². The number of nitrogens with zero attached hydrogens (tertiary/aromatic N) is 1. The number of rotatable bonds is 2. The Morgan fingerprint density at radius 1 is 1.43 bits per heavy atom. The molecule has 0 aromatic heterocycles. The third kappa shape index (κ3) is 3.35. The first-order chi connectivity index (χ1) is 9.70. The van der Waals surface area contributed by atoms with E-state index < -0.39 is 11.4 Å². The van der Waals surface area contributed by atoms with Gasteiger partial charge in [0.1, 0.15) is 11.4 Å². The van der Waals surface area contributed by atoms with Crippen LogP contribution in [0.1, 0.15) is 32.8 Å². The van der Waals surface area contributed by atoms with Crippen LogP contribution in [0.4, 0.5) is 4.39 Å². The van der Waals surface area contributed by atoms with E-state index >= 15 is 0 Å². The number of nitrogens with one attached hydrogen (secondary N) is 1. The highest BCUT2D eigenvalue weighted by atomic mass is 35.5. The van der Waals surface area contributed by atoms with Crippen molar-refractivity contribution in [3.05, 3.63) is 34.6 Å². The van der Waals surface area contributed by atoms with Crippen LogP contribution >= 0.6 is 11.6 Å². The van der Waals surface area contributed by atoms with Gasteiger partial charge in [0, 0.05) is 19.0 Å². The zero-order valence-electron chi connectivity index (χ0n) is 12.2. The molecule has 6 heteroatoms. The molecule has 0 bridgehead atoms. The summed E-state index contributed by atoms with van der Waals surface area (Å²) in [5.41, 5.74) is -0.224. The van der Waals surface area contributed by atoms with Gasteiger partial charge < -0.3 is 10.2 Å². The van der Waals surface area contributed by atoms with E-state index in [-0.39, 0.29) is 29.3 Å². The first-order valence-electron chi connectivity index (χ1n) is 6.76. The third-order valence-corrected chi connectivity index (χ3v) is 3.89. The molecule has 0 saturated carbocycles. The lowest BCUT2D eigenvalue weighted by atomic mass is 10.0. The van der Waals surface area contributed by atoms with E-state index in [4.69, 9.17) is 11.6 Å². The van der Waals surface area contributed by atoms with E-state index in [0.717, 1.165) is 5.56 Å². The fourth-order valence-electron chi connectivity index (χ4n) is 2.45. The number of hydrogen-bond donors (Lipinski definition) is 1. The summed E-state index contributed by atoms with van der Waals surface area (Å²) in [6, 6.07) is 4.14. The lowest BCUT2D eigenvalue weighted by Crippen LogP contribution is -2.53. The Kier molecular flexibility index (Phi) is 4.23. The number of amides is 2. The molecule has 1 fully saturated rings. The number of benzene rings is 1. The van der Waals surface area contributed by atoms with E-state index in [1.165, 1.54) is 12.1 Å². The molecule has 1 unspecified atom stereocenters. The molecule has 1 heterocycles. The van der Waals surface area contributed by atoms with Gasteiger partial charge in [-0.15, -0.1) is 0 Å². The summed E-state index contributed by atoms with van der Waals surface area (Å²) in [7, 11) is 0. The minimum Gasteiger partial charge on any atom is -0.342 e. The van der Waals surface area contributed by atoms with Gasteiger partial charge in [-0.3, -0.25) is 9.59 Å². The van der Waals surface area contributed by atoms with Crippen molar-refractivity contribution in [2.45, 2.75) is 45.3 Å². The maximum absolute atomic E-state index is 13.2. The van der Waals surface area contributed by atoms with Crippen LogP contribution in [0, 0.1) is 5.82 Å². The molecule has 0 aliphatic carbocycles. The Hall–Kier alpha value is -1.62. The van der Waals surface area contributed by atoms with Gasteiger partial charge in [-0.25, -0.2) is 4.39 Å². The molecule has 21 heavy (non-hydrogen) atoms.